The number of halogens is 1. The van der Waals surface area contributed by atoms with Gasteiger partial charge in [-0.2, -0.15) is 5.10 Å². The van der Waals surface area contributed by atoms with Crippen LogP contribution in [0.1, 0.15) is 47.9 Å². The fourth-order valence-corrected chi connectivity index (χ4v) is 3.39. The van der Waals surface area contributed by atoms with Crippen molar-refractivity contribution in [3.05, 3.63) is 53.3 Å². The zero-order valence-corrected chi connectivity index (χ0v) is 21.0. The summed E-state index contributed by atoms with van der Waals surface area (Å²) in [5.41, 5.74) is 2.77. The van der Waals surface area contributed by atoms with E-state index in [2.05, 4.69) is 32.5 Å². The van der Waals surface area contributed by atoms with E-state index in [4.69, 9.17) is 4.74 Å². The van der Waals surface area contributed by atoms with E-state index in [0.717, 1.165) is 30.1 Å². The molecule has 2 atom stereocenters. The number of nitrogens with one attached hydrogen (secondary N) is 2. The van der Waals surface area contributed by atoms with Crippen molar-refractivity contribution in [3.8, 4) is 0 Å². The van der Waals surface area contributed by atoms with Crippen molar-refractivity contribution in [3.63, 3.8) is 0 Å². The van der Waals surface area contributed by atoms with E-state index in [9.17, 15) is 4.79 Å². The molecule has 0 spiro atoms. The van der Waals surface area contributed by atoms with Gasteiger partial charge >= 0.3 is 0 Å². The summed E-state index contributed by atoms with van der Waals surface area (Å²) in [5, 5.41) is 10.7. The first-order valence-corrected chi connectivity index (χ1v) is 10.5. The summed E-state index contributed by atoms with van der Waals surface area (Å²) in [6.07, 6.45) is 4.71. The van der Waals surface area contributed by atoms with E-state index in [1.54, 1.807) is 11.7 Å². The Morgan fingerprint density at radius 2 is 2.23 bits per heavy atom. The van der Waals surface area contributed by atoms with Crippen LogP contribution in [0.3, 0.4) is 0 Å². The van der Waals surface area contributed by atoms with Crippen molar-refractivity contribution in [1.82, 2.24) is 25.3 Å². The van der Waals surface area contributed by atoms with Crippen molar-refractivity contribution < 1.29 is 9.53 Å². The van der Waals surface area contributed by atoms with Gasteiger partial charge in [0.2, 0.25) is 0 Å². The topological polar surface area (TPSA) is 83.8 Å². The Hall–Kier alpha value is -2.14. The molecular weight excluding hydrogens is 507 g/mol. The van der Waals surface area contributed by atoms with Crippen LogP contribution in [-0.2, 0) is 18.3 Å². The Morgan fingerprint density at radius 1 is 1.42 bits per heavy atom. The molecule has 1 aliphatic rings. The van der Waals surface area contributed by atoms with Crippen LogP contribution in [0.15, 0.2) is 41.7 Å². The number of aryl methyl sites for hydroxylation is 1. The molecule has 1 aromatic heterocycles. The Labute approximate surface area is 201 Å². The average Bonchev–Trinajstić information content (AvgIpc) is 3.21. The van der Waals surface area contributed by atoms with Crippen LogP contribution < -0.4 is 10.6 Å². The number of hydrogen-bond donors (Lipinski definition) is 2. The number of aromatic nitrogens is 2. The first kappa shape index (κ1) is 25.1. The smallest absolute Gasteiger partial charge is 0.251 e. The van der Waals surface area contributed by atoms with Crippen LogP contribution in [0.4, 0.5) is 0 Å². The van der Waals surface area contributed by atoms with Crippen molar-refractivity contribution in [2.45, 2.75) is 39.0 Å². The van der Waals surface area contributed by atoms with Gasteiger partial charge in [0.25, 0.3) is 5.91 Å². The largest absolute Gasteiger partial charge is 0.370 e. The highest BCUT2D eigenvalue weighted by atomic mass is 127. The summed E-state index contributed by atoms with van der Waals surface area (Å²) in [6, 6.07) is 7.86. The second-order valence-electron chi connectivity index (χ2n) is 7.64. The number of nitrogens with zero attached hydrogens (tertiary/aromatic N) is 4. The van der Waals surface area contributed by atoms with Crippen LogP contribution >= 0.6 is 24.0 Å². The zero-order chi connectivity index (χ0) is 21.5. The third-order valence-corrected chi connectivity index (χ3v) is 5.30. The number of amides is 1. The minimum atomic E-state index is -0.0388. The highest BCUT2D eigenvalue weighted by molar-refractivity contribution is 14.0. The molecule has 0 aliphatic carbocycles. The van der Waals surface area contributed by atoms with Gasteiger partial charge in [-0.1, -0.05) is 19.1 Å². The minimum absolute atomic E-state index is 0. The van der Waals surface area contributed by atoms with E-state index >= 15 is 0 Å². The molecule has 2 N–H and O–H groups in total. The van der Waals surface area contributed by atoms with E-state index in [1.807, 2.05) is 50.6 Å². The van der Waals surface area contributed by atoms with E-state index in [0.29, 0.717) is 25.3 Å². The predicted octanol–water partition coefficient (Wildman–Crippen LogP) is 2.72. The molecule has 0 radical (unpaired) electrons. The maximum atomic E-state index is 12.4. The van der Waals surface area contributed by atoms with Gasteiger partial charge in [-0.05, 0) is 31.0 Å². The summed E-state index contributed by atoms with van der Waals surface area (Å²) < 4.78 is 7.71. The quantitative estimate of drug-likeness (QED) is 0.335. The summed E-state index contributed by atoms with van der Waals surface area (Å²) in [4.78, 5) is 19.0. The van der Waals surface area contributed by atoms with Crippen molar-refractivity contribution in [1.29, 1.82) is 0 Å². The first-order valence-electron chi connectivity index (χ1n) is 10.5. The van der Waals surface area contributed by atoms with Gasteiger partial charge in [0.05, 0.1) is 19.3 Å². The lowest BCUT2D eigenvalue weighted by Crippen LogP contribution is -2.47. The number of carbonyl (C=O) groups excluding carboxylic acids is 1. The second-order valence-corrected chi connectivity index (χ2v) is 7.64. The van der Waals surface area contributed by atoms with Crippen molar-refractivity contribution in [2.75, 3.05) is 26.7 Å². The van der Waals surface area contributed by atoms with Crippen LogP contribution in [0, 0.1) is 0 Å². The monoisotopic (exact) mass is 540 g/mol. The standard InChI is InChI=1S/C22H32N6O2.HI/c1-5-16(2)26-21(29)18-8-6-7-17(11-18)12-24-22(23-3)28-9-10-30-20(15-28)19-13-25-27(4)14-19;/h6-8,11,13-14,16,20H,5,9-10,12,15H2,1-4H3,(H,23,24)(H,26,29);1H. The number of hydrogen-bond acceptors (Lipinski definition) is 4. The molecule has 8 nitrogen and oxygen atoms in total. The molecule has 1 saturated heterocycles. The lowest BCUT2D eigenvalue weighted by molar-refractivity contribution is -0.00805. The van der Waals surface area contributed by atoms with Crippen molar-refractivity contribution in [2.24, 2.45) is 12.0 Å². The molecule has 9 heteroatoms. The Kier molecular flexibility index (Phi) is 9.76. The zero-order valence-electron chi connectivity index (χ0n) is 18.7. The molecule has 1 amide bonds. The molecule has 1 aliphatic heterocycles. The van der Waals surface area contributed by atoms with Crippen LogP contribution in [0.5, 0.6) is 0 Å². The molecule has 0 bridgehead atoms. The van der Waals surface area contributed by atoms with Gasteiger partial charge in [0, 0.05) is 50.6 Å². The minimum Gasteiger partial charge on any atom is -0.370 e. The normalized spacial score (nSPS) is 17.6. The van der Waals surface area contributed by atoms with Gasteiger partial charge in [0.1, 0.15) is 6.10 Å². The van der Waals surface area contributed by atoms with Gasteiger partial charge in [-0.25, -0.2) is 0 Å². The molecule has 1 fully saturated rings. The number of rotatable bonds is 6. The predicted molar refractivity (Wildman–Crippen MR) is 133 cm³/mol. The molecule has 31 heavy (non-hydrogen) atoms. The maximum Gasteiger partial charge on any atom is 0.251 e. The lowest BCUT2D eigenvalue weighted by Gasteiger charge is -2.34. The van der Waals surface area contributed by atoms with Crippen LogP contribution in [0.25, 0.3) is 0 Å². The van der Waals surface area contributed by atoms with Crippen molar-refractivity contribution >= 4 is 35.8 Å². The number of ether oxygens (including phenoxy) is 1. The summed E-state index contributed by atoms with van der Waals surface area (Å²) in [5.74, 6) is 0.782. The molecule has 170 valence electrons. The molecule has 2 heterocycles. The van der Waals surface area contributed by atoms with Gasteiger partial charge < -0.3 is 20.3 Å². The molecular formula is C22H33IN6O2. The van der Waals surface area contributed by atoms with E-state index in [-0.39, 0.29) is 42.0 Å². The number of aliphatic imine (C=N–C) groups is 1. The average molecular weight is 540 g/mol. The Bertz CT molecular complexity index is 884. The molecule has 3 rings (SSSR count). The summed E-state index contributed by atoms with van der Waals surface area (Å²) in [7, 11) is 3.69. The Balaban J connectivity index is 0.00000341. The lowest BCUT2D eigenvalue weighted by atomic mass is 10.1. The SMILES string of the molecule is CCC(C)NC(=O)c1cccc(CNC(=NC)N2CCOC(c3cnn(C)c3)C2)c1.I. The Morgan fingerprint density at radius 3 is 2.90 bits per heavy atom. The molecule has 2 aromatic rings. The van der Waals surface area contributed by atoms with Gasteiger partial charge in [-0.3, -0.25) is 14.5 Å². The molecule has 1 aromatic carbocycles. The molecule has 0 saturated carbocycles. The van der Waals surface area contributed by atoms with Gasteiger partial charge in [0.15, 0.2) is 5.96 Å². The fourth-order valence-electron chi connectivity index (χ4n) is 3.39. The number of carbonyl (C=O) groups is 1. The summed E-state index contributed by atoms with van der Waals surface area (Å²) in [6.45, 7) is 6.77. The highest BCUT2D eigenvalue weighted by Crippen LogP contribution is 2.21. The van der Waals surface area contributed by atoms with E-state index in [1.165, 1.54) is 0 Å². The second kappa shape index (κ2) is 12.0. The maximum absolute atomic E-state index is 12.4. The fraction of sp³-hybridized carbons (Fsp3) is 0.500. The number of guanidine groups is 1. The van der Waals surface area contributed by atoms with Gasteiger partial charge in [-0.15, -0.1) is 24.0 Å². The number of morpholine rings is 1. The summed E-state index contributed by atoms with van der Waals surface area (Å²) >= 11 is 0. The highest BCUT2D eigenvalue weighted by Gasteiger charge is 2.25. The third-order valence-electron chi connectivity index (χ3n) is 5.30. The molecule has 2 unspecified atom stereocenters. The number of benzene rings is 1. The first-order chi connectivity index (χ1) is 14.5. The third kappa shape index (κ3) is 6.93. The van der Waals surface area contributed by atoms with Crippen LogP contribution in [0.2, 0.25) is 0 Å². The van der Waals surface area contributed by atoms with Crippen LogP contribution in [-0.4, -0.2) is 59.3 Å². The van der Waals surface area contributed by atoms with E-state index < -0.39 is 0 Å².